The number of Topliss-reactive ketones (excluding diaryl/α,β-unsaturated/α-hetero) is 2. The van der Waals surface area contributed by atoms with Crippen molar-refractivity contribution in [1.82, 2.24) is 0 Å². The monoisotopic (exact) mass is 187 g/mol. The van der Waals surface area contributed by atoms with Gasteiger partial charge >= 0.3 is 0 Å². The fraction of sp³-hybridized carbons (Fsp3) is 0.182. The Kier molecular flexibility index (Phi) is 1.81. The van der Waals surface area contributed by atoms with Gasteiger partial charge in [-0.2, -0.15) is 0 Å². The lowest BCUT2D eigenvalue weighted by molar-refractivity contribution is 0.0926. The van der Waals surface area contributed by atoms with Crippen molar-refractivity contribution in [3.63, 3.8) is 0 Å². The summed E-state index contributed by atoms with van der Waals surface area (Å²) < 4.78 is 0. The minimum absolute atomic E-state index is 0.103. The molecule has 14 heavy (non-hydrogen) atoms. The van der Waals surface area contributed by atoms with Gasteiger partial charge in [-0.05, 0) is 6.92 Å². The maximum Gasteiger partial charge on any atom is 0.207 e. The van der Waals surface area contributed by atoms with E-state index in [1.54, 1.807) is 31.2 Å². The number of ketones is 2. The van der Waals surface area contributed by atoms with E-state index in [1.165, 1.54) is 0 Å². The van der Waals surface area contributed by atoms with E-state index >= 15 is 0 Å². The predicted molar refractivity (Wildman–Crippen MR) is 52.0 cm³/mol. The number of hydrogen-bond donors (Lipinski definition) is 1. The third-order valence-corrected chi connectivity index (χ3v) is 2.51. The maximum absolute atomic E-state index is 11.7. The standard InChI is InChI=1S/C11H9NO2/c1-6-9(12)11(14)8-5-3-2-4-7(8)10(6)13/h2-6,12H,1H3. The molecule has 0 spiro atoms. The van der Waals surface area contributed by atoms with Gasteiger partial charge in [-0.15, -0.1) is 0 Å². The number of benzene rings is 1. The van der Waals surface area contributed by atoms with E-state index in [-0.39, 0.29) is 17.3 Å². The molecule has 0 radical (unpaired) electrons. The molecule has 0 heterocycles. The lowest BCUT2D eigenvalue weighted by Gasteiger charge is -2.19. The van der Waals surface area contributed by atoms with Gasteiger partial charge in [0.2, 0.25) is 5.78 Å². The number of carbonyl (C=O) groups excluding carboxylic acids is 2. The molecular weight excluding hydrogens is 178 g/mol. The molecular formula is C11H9NO2. The van der Waals surface area contributed by atoms with Crippen molar-refractivity contribution in [2.24, 2.45) is 5.92 Å². The second-order valence-electron chi connectivity index (χ2n) is 3.37. The van der Waals surface area contributed by atoms with Crippen LogP contribution in [0.25, 0.3) is 0 Å². The average Bonchev–Trinajstić information content (AvgIpc) is 2.23. The van der Waals surface area contributed by atoms with Crippen LogP contribution < -0.4 is 0 Å². The SMILES string of the molecule is CC1C(=N)C(=O)c2ccccc2C1=O. The van der Waals surface area contributed by atoms with Gasteiger partial charge in [-0.3, -0.25) is 9.59 Å². The number of nitrogens with one attached hydrogen (secondary N) is 1. The molecule has 2 rings (SSSR count). The summed E-state index contributed by atoms with van der Waals surface area (Å²) in [6.07, 6.45) is 0. The largest absolute Gasteiger partial charge is 0.300 e. The molecule has 1 atom stereocenters. The van der Waals surface area contributed by atoms with Crippen LogP contribution >= 0.6 is 0 Å². The minimum Gasteiger partial charge on any atom is -0.300 e. The van der Waals surface area contributed by atoms with E-state index in [0.29, 0.717) is 11.1 Å². The highest BCUT2D eigenvalue weighted by Gasteiger charge is 2.33. The topological polar surface area (TPSA) is 58.0 Å². The summed E-state index contributed by atoms with van der Waals surface area (Å²) in [7, 11) is 0. The van der Waals surface area contributed by atoms with Gasteiger partial charge in [0, 0.05) is 11.1 Å². The molecule has 3 nitrogen and oxygen atoms in total. The summed E-state index contributed by atoms with van der Waals surface area (Å²) in [6.45, 7) is 1.60. The Balaban J connectivity index is 2.68. The van der Waals surface area contributed by atoms with Crippen LogP contribution in [0.5, 0.6) is 0 Å². The molecule has 3 heteroatoms. The fourth-order valence-corrected chi connectivity index (χ4v) is 1.60. The first-order valence-corrected chi connectivity index (χ1v) is 4.39. The van der Waals surface area contributed by atoms with E-state index in [0.717, 1.165) is 0 Å². The molecule has 1 aromatic carbocycles. The molecule has 1 aliphatic carbocycles. The summed E-state index contributed by atoms with van der Waals surface area (Å²) in [5, 5.41) is 7.49. The van der Waals surface area contributed by atoms with Gasteiger partial charge in [0.25, 0.3) is 0 Å². The van der Waals surface area contributed by atoms with Crippen molar-refractivity contribution in [3.05, 3.63) is 35.4 Å². The van der Waals surface area contributed by atoms with Crippen LogP contribution in [0.4, 0.5) is 0 Å². The van der Waals surface area contributed by atoms with Gasteiger partial charge in [0.15, 0.2) is 5.78 Å². The second kappa shape index (κ2) is 2.87. The van der Waals surface area contributed by atoms with Gasteiger partial charge in [0.05, 0.1) is 11.6 Å². The highest BCUT2D eigenvalue weighted by Crippen LogP contribution is 2.22. The van der Waals surface area contributed by atoms with Crippen molar-refractivity contribution >= 4 is 17.3 Å². The Hall–Kier alpha value is -1.77. The first kappa shape index (κ1) is 8.81. The predicted octanol–water partition coefficient (Wildman–Crippen LogP) is 1.72. The molecule has 0 saturated carbocycles. The number of rotatable bonds is 0. The molecule has 0 saturated heterocycles. The fourth-order valence-electron chi connectivity index (χ4n) is 1.60. The Bertz CT molecular complexity index is 448. The van der Waals surface area contributed by atoms with E-state index in [9.17, 15) is 9.59 Å². The Morgan fingerprint density at radius 1 is 1.14 bits per heavy atom. The molecule has 0 aromatic heterocycles. The summed E-state index contributed by atoms with van der Waals surface area (Å²) >= 11 is 0. The van der Waals surface area contributed by atoms with Crippen molar-refractivity contribution in [2.45, 2.75) is 6.92 Å². The van der Waals surface area contributed by atoms with Crippen LogP contribution in [0.3, 0.4) is 0 Å². The van der Waals surface area contributed by atoms with Crippen LogP contribution in [0.1, 0.15) is 27.6 Å². The zero-order valence-electron chi connectivity index (χ0n) is 7.70. The molecule has 0 aliphatic heterocycles. The van der Waals surface area contributed by atoms with Crippen LogP contribution in [-0.2, 0) is 0 Å². The van der Waals surface area contributed by atoms with E-state index in [1.807, 2.05) is 0 Å². The van der Waals surface area contributed by atoms with Crippen molar-refractivity contribution < 1.29 is 9.59 Å². The number of fused-ring (bicyclic) bond motifs is 1. The minimum atomic E-state index is -0.600. The Labute approximate surface area is 81.3 Å². The average molecular weight is 187 g/mol. The van der Waals surface area contributed by atoms with E-state index in [2.05, 4.69) is 0 Å². The molecule has 1 N–H and O–H groups in total. The first-order chi connectivity index (χ1) is 6.63. The Morgan fingerprint density at radius 2 is 1.71 bits per heavy atom. The van der Waals surface area contributed by atoms with Crippen LogP contribution in [0, 0.1) is 11.3 Å². The lowest BCUT2D eigenvalue weighted by Crippen LogP contribution is -2.34. The van der Waals surface area contributed by atoms with Gasteiger partial charge in [-0.1, -0.05) is 24.3 Å². The van der Waals surface area contributed by atoms with Gasteiger partial charge in [-0.25, -0.2) is 0 Å². The third-order valence-electron chi connectivity index (χ3n) is 2.51. The van der Waals surface area contributed by atoms with Crippen molar-refractivity contribution in [1.29, 1.82) is 5.41 Å². The molecule has 0 bridgehead atoms. The normalized spacial score (nSPS) is 20.9. The first-order valence-electron chi connectivity index (χ1n) is 4.39. The summed E-state index contributed by atoms with van der Waals surface area (Å²) in [5.41, 5.74) is 0.704. The summed E-state index contributed by atoms with van der Waals surface area (Å²) in [4.78, 5) is 23.3. The van der Waals surface area contributed by atoms with Gasteiger partial charge < -0.3 is 5.41 Å². The molecule has 0 fully saturated rings. The summed E-state index contributed by atoms with van der Waals surface area (Å²) in [5.74, 6) is -1.06. The summed E-state index contributed by atoms with van der Waals surface area (Å²) in [6, 6.07) is 6.66. The smallest absolute Gasteiger partial charge is 0.207 e. The van der Waals surface area contributed by atoms with Crippen LogP contribution in [0.15, 0.2) is 24.3 Å². The molecule has 1 aromatic rings. The second-order valence-corrected chi connectivity index (χ2v) is 3.37. The van der Waals surface area contributed by atoms with E-state index < -0.39 is 5.92 Å². The highest BCUT2D eigenvalue weighted by molar-refractivity contribution is 6.52. The third kappa shape index (κ3) is 1.02. The van der Waals surface area contributed by atoms with Crippen molar-refractivity contribution in [2.75, 3.05) is 0 Å². The number of hydrogen-bond acceptors (Lipinski definition) is 3. The molecule has 1 aliphatic rings. The number of carbonyl (C=O) groups is 2. The highest BCUT2D eigenvalue weighted by atomic mass is 16.1. The Morgan fingerprint density at radius 3 is 2.36 bits per heavy atom. The molecule has 70 valence electrons. The molecule has 1 unspecified atom stereocenters. The van der Waals surface area contributed by atoms with Gasteiger partial charge in [0.1, 0.15) is 0 Å². The zero-order valence-corrected chi connectivity index (χ0v) is 7.70. The maximum atomic E-state index is 11.7. The quantitative estimate of drug-likeness (QED) is 0.672. The van der Waals surface area contributed by atoms with E-state index in [4.69, 9.17) is 5.41 Å². The zero-order chi connectivity index (χ0) is 10.3. The van der Waals surface area contributed by atoms with Crippen molar-refractivity contribution in [3.8, 4) is 0 Å². The van der Waals surface area contributed by atoms with Crippen LogP contribution in [0.2, 0.25) is 0 Å². The molecule has 0 amide bonds. The lowest BCUT2D eigenvalue weighted by atomic mass is 9.81. The van der Waals surface area contributed by atoms with Crippen LogP contribution in [-0.4, -0.2) is 17.3 Å².